The zero-order chi connectivity index (χ0) is 24.0. The van der Waals surface area contributed by atoms with E-state index in [1.807, 2.05) is 37.3 Å². The number of rotatable bonds is 4. The third-order valence-electron chi connectivity index (χ3n) is 6.01. The summed E-state index contributed by atoms with van der Waals surface area (Å²) in [4.78, 5) is 13.4. The Morgan fingerprint density at radius 2 is 1.44 bits per heavy atom. The van der Waals surface area contributed by atoms with Crippen molar-refractivity contribution < 1.29 is 8.42 Å². The molecule has 0 unspecified atom stereocenters. The molecule has 0 amide bonds. The second kappa shape index (κ2) is 8.62. The first-order chi connectivity index (χ1) is 16.3. The normalized spacial score (nSPS) is 17.3. The summed E-state index contributed by atoms with van der Waals surface area (Å²) < 4.78 is 28.8. The average Bonchev–Trinajstić information content (AvgIpc) is 3.21. The highest BCUT2D eigenvalue weighted by molar-refractivity contribution is 7.91. The summed E-state index contributed by atoms with van der Waals surface area (Å²) in [5.41, 5.74) is 2.22. The Balaban J connectivity index is 1.74. The number of aromatic nitrogens is 1. The van der Waals surface area contributed by atoms with E-state index >= 15 is 0 Å². The van der Waals surface area contributed by atoms with Crippen LogP contribution < -0.4 is 10.9 Å². The molecule has 0 saturated carbocycles. The van der Waals surface area contributed by atoms with Crippen molar-refractivity contribution >= 4 is 38.9 Å². The lowest BCUT2D eigenvalue weighted by molar-refractivity contribution is 0.553. The fourth-order valence-corrected chi connectivity index (χ4v) is 6.15. The lowest BCUT2D eigenvalue weighted by atomic mass is 9.94. The summed E-state index contributed by atoms with van der Waals surface area (Å²) in [5, 5.41) is 4.50. The summed E-state index contributed by atoms with van der Waals surface area (Å²) in [6, 6.07) is 23.0. The molecule has 1 aromatic heterocycles. The Labute approximate surface area is 207 Å². The van der Waals surface area contributed by atoms with Gasteiger partial charge in [0, 0.05) is 16.1 Å². The molecule has 1 aliphatic heterocycles. The van der Waals surface area contributed by atoms with Gasteiger partial charge in [0.15, 0.2) is 0 Å². The molecule has 0 saturated heterocycles. The number of nitrogens with zero attached hydrogens (tertiary/aromatic N) is 1. The first-order valence-electron chi connectivity index (χ1n) is 10.6. The van der Waals surface area contributed by atoms with Gasteiger partial charge in [0.25, 0.3) is 5.56 Å². The predicted molar refractivity (Wildman–Crippen MR) is 135 cm³/mol. The molecule has 34 heavy (non-hydrogen) atoms. The number of hydrogen-bond donors (Lipinski definition) is 1. The van der Waals surface area contributed by atoms with Crippen LogP contribution in [0.15, 0.2) is 99.5 Å². The van der Waals surface area contributed by atoms with Gasteiger partial charge in [-0.2, -0.15) is 0 Å². The molecule has 8 heteroatoms. The number of aryl methyl sites for hydroxylation is 1. The van der Waals surface area contributed by atoms with Gasteiger partial charge in [0.05, 0.1) is 17.0 Å². The van der Waals surface area contributed by atoms with Crippen molar-refractivity contribution in [2.45, 2.75) is 28.8 Å². The van der Waals surface area contributed by atoms with E-state index < -0.39 is 21.9 Å². The highest BCUT2D eigenvalue weighted by atomic mass is 35.5. The maximum Gasteiger partial charge on any atom is 0.252 e. The molecular weight excluding hydrogens is 491 g/mol. The number of hydrogen-bond acceptors (Lipinski definition) is 4. The van der Waals surface area contributed by atoms with Gasteiger partial charge in [-0.3, -0.25) is 9.36 Å². The molecule has 0 fully saturated rings. The smallest absolute Gasteiger partial charge is 0.252 e. The largest absolute Gasteiger partial charge is 0.361 e. The first-order valence-corrected chi connectivity index (χ1v) is 12.8. The number of pyridine rings is 1. The highest BCUT2D eigenvalue weighted by Crippen LogP contribution is 2.44. The average molecular weight is 511 g/mol. The maximum absolute atomic E-state index is 13.6. The van der Waals surface area contributed by atoms with Crippen LogP contribution in [0.5, 0.6) is 0 Å². The molecule has 4 aromatic rings. The van der Waals surface area contributed by atoms with Crippen LogP contribution in [0, 0.1) is 6.92 Å². The van der Waals surface area contributed by atoms with Crippen LogP contribution in [0.4, 0.5) is 5.82 Å². The number of halogens is 2. The minimum atomic E-state index is -3.89. The van der Waals surface area contributed by atoms with E-state index in [-0.39, 0.29) is 21.2 Å². The van der Waals surface area contributed by atoms with Crippen molar-refractivity contribution in [1.29, 1.82) is 0 Å². The standard InChI is InChI=1S/C26H20Cl2N2O3S/c1-16-3-2-4-21(15-16)34(32,33)22-13-14-23(31)30-25(18-7-11-20(28)12-8-18)24(29-26(22)30)17-5-9-19(27)10-6-17/h2-15,24-25,29H,1H3/t24-,25+/m1/s1. The van der Waals surface area contributed by atoms with Crippen LogP contribution in [-0.2, 0) is 9.84 Å². The number of fused-ring (bicyclic) bond motifs is 1. The second-order valence-corrected chi connectivity index (χ2v) is 11.0. The zero-order valence-corrected chi connectivity index (χ0v) is 20.4. The quantitative estimate of drug-likeness (QED) is 0.362. The van der Waals surface area contributed by atoms with E-state index in [0.29, 0.717) is 10.0 Å². The fourth-order valence-electron chi connectivity index (χ4n) is 4.39. The van der Waals surface area contributed by atoms with Gasteiger partial charge in [-0.25, -0.2) is 8.42 Å². The van der Waals surface area contributed by atoms with Crippen molar-refractivity contribution in [3.8, 4) is 0 Å². The molecule has 0 aliphatic carbocycles. The number of anilines is 1. The van der Waals surface area contributed by atoms with E-state index in [1.54, 1.807) is 42.5 Å². The summed E-state index contributed by atoms with van der Waals surface area (Å²) in [7, 11) is -3.89. The molecule has 0 spiro atoms. The molecule has 0 radical (unpaired) electrons. The molecule has 0 bridgehead atoms. The first kappa shape index (κ1) is 22.7. The van der Waals surface area contributed by atoms with Gasteiger partial charge in [-0.1, -0.05) is 59.6 Å². The van der Waals surface area contributed by atoms with Gasteiger partial charge in [0.1, 0.15) is 10.7 Å². The summed E-state index contributed by atoms with van der Waals surface area (Å²) in [6.07, 6.45) is 0. The van der Waals surface area contributed by atoms with Crippen LogP contribution >= 0.6 is 23.2 Å². The molecule has 172 valence electrons. The molecule has 5 nitrogen and oxygen atoms in total. The predicted octanol–water partition coefficient (Wildman–Crippen LogP) is 6.05. The summed E-state index contributed by atoms with van der Waals surface area (Å²) >= 11 is 12.2. The molecule has 1 N–H and O–H groups in total. The Hall–Kier alpha value is -3.06. The van der Waals surface area contributed by atoms with Crippen molar-refractivity contribution in [3.63, 3.8) is 0 Å². The second-order valence-electron chi connectivity index (χ2n) is 8.24. The Bertz CT molecular complexity index is 1550. The van der Waals surface area contributed by atoms with E-state index in [4.69, 9.17) is 23.2 Å². The number of benzene rings is 3. The van der Waals surface area contributed by atoms with Gasteiger partial charge >= 0.3 is 0 Å². The van der Waals surface area contributed by atoms with Gasteiger partial charge in [-0.15, -0.1) is 0 Å². The SMILES string of the molecule is Cc1cccc(S(=O)(=O)c2ccc(=O)n3c2N[C@H](c2ccc(Cl)cc2)[C@@H]3c2ccc(Cl)cc2)c1. The van der Waals surface area contributed by atoms with Crippen molar-refractivity contribution in [3.05, 3.63) is 122 Å². The lowest BCUT2D eigenvalue weighted by Gasteiger charge is -2.22. The Morgan fingerprint density at radius 1 is 0.824 bits per heavy atom. The van der Waals surface area contributed by atoms with E-state index in [0.717, 1.165) is 16.7 Å². The Morgan fingerprint density at radius 3 is 2.06 bits per heavy atom. The monoisotopic (exact) mass is 510 g/mol. The fraction of sp³-hybridized carbons (Fsp3) is 0.115. The van der Waals surface area contributed by atoms with Gasteiger partial charge in [-0.05, 0) is 66.1 Å². The molecule has 1 aliphatic rings. The number of sulfone groups is 1. The summed E-state index contributed by atoms with van der Waals surface area (Å²) in [5.74, 6) is 0.258. The zero-order valence-electron chi connectivity index (χ0n) is 18.1. The topological polar surface area (TPSA) is 68.2 Å². The minimum Gasteiger partial charge on any atom is -0.361 e. The van der Waals surface area contributed by atoms with Crippen molar-refractivity contribution in [1.82, 2.24) is 4.57 Å². The number of nitrogens with one attached hydrogen (secondary N) is 1. The van der Waals surface area contributed by atoms with E-state index in [1.165, 1.54) is 16.7 Å². The molecular formula is C26H20Cl2N2O3S. The molecule has 2 atom stereocenters. The maximum atomic E-state index is 13.6. The minimum absolute atomic E-state index is 0.0492. The van der Waals surface area contributed by atoms with Gasteiger partial charge in [0.2, 0.25) is 9.84 Å². The molecule has 5 rings (SSSR count). The van der Waals surface area contributed by atoms with E-state index in [9.17, 15) is 13.2 Å². The van der Waals surface area contributed by atoms with Crippen LogP contribution in [0.1, 0.15) is 28.8 Å². The molecule has 3 aromatic carbocycles. The highest BCUT2D eigenvalue weighted by Gasteiger charge is 2.39. The molecule has 2 heterocycles. The van der Waals surface area contributed by atoms with Crippen LogP contribution in [0.3, 0.4) is 0 Å². The lowest BCUT2D eigenvalue weighted by Crippen LogP contribution is -2.24. The van der Waals surface area contributed by atoms with Crippen LogP contribution in [-0.4, -0.2) is 13.0 Å². The van der Waals surface area contributed by atoms with Crippen LogP contribution in [0.2, 0.25) is 10.0 Å². The Kier molecular flexibility index (Phi) is 5.76. The summed E-state index contributed by atoms with van der Waals surface area (Å²) in [6.45, 7) is 1.84. The third kappa shape index (κ3) is 3.92. The van der Waals surface area contributed by atoms with E-state index in [2.05, 4.69) is 5.32 Å². The third-order valence-corrected chi connectivity index (χ3v) is 8.29. The van der Waals surface area contributed by atoms with Crippen LogP contribution in [0.25, 0.3) is 0 Å². The van der Waals surface area contributed by atoms with Crippen molar-refractivity contribution in [2.75, 3.05) is 5.32 Å². The van der Waals surface area contributed by atoms with Crippen molar-refractivity contribution in [2.24, 2.45) is 0 Å². The van der Waals surface area contributed by atoms with Gasteiger partial charge < -0.3 is 5.32 Å².